The Labute approximate surface area is 248 Å². The molecule has 2 aromatic carbocycles. The van der Waals surface area contributed by atoms with Gasteiger partial charge in [-0.15, -0.1) is 0 Å². The molecule has 3 aliphatic rings. The number of likely N-dealkylation sites (tertiary alicyclic amines) is 1. The van der Waals surface area contributed by atoms with Gasteiger partial charge in [0.25, 0.3) is 11.8 Å². The number of rotatable bonds is 2. The lowest BCUT2D eigenvalue weighted by Gasteiger charge is -2.26. The van der Waals surface area contributed by atoms with Crippen molar-refractivity contribution in [1.82, 2.24) is 29.7 Å². The minimum atomic E-state index is -0.347. The fraction of sp³-hybridized carbons (Fsp3) is 0.344. The predicted octanol–water partition coefficient (Wildman–Crippen LogP) is 2.70. The number of hydrogen-bond acceptors (Lipinski definition) is 7. The third-order valence-corrected chi connectivity index (χ3v) is 8.42. The molecule has 0 spiro atoms. The summed E-state index contributed by atoms with van der Waals surface area (Å²) in [6, 6.07) is 16.4. The molecule has 4 aromatic rings. The molecule has 0 unspecified atom stereocenters. The maximum absolute atomic E-state index is 13.6. The molecule has 220 valence electrons. The highest BCUT2D eigenvalue weighted by Crippen LogP contribution is 2.32. The Bertz CT molecular complexity index is 1700. The van der Waals surface area contributed by atoms with Crippen LogP contribution in [0.4, 0.5) is 0 Å². The number of hydrogen-bond donors (Lipinski definition) is 1. The maximum atomic E-state index is 13.6. The monoisotopic (exact) mass is 580 g/mol. The predicted molar refractivity (Wildman–Crippen MR) is 156 cm³/mol. The van der Waals surface area contributed by atoms with E-state index in [1.807, 2.05) is 36.4 Å². The molecule has 43 heavy (non-hydrogen) atoms. The van der Waals surface area contributed by atoms with Gasteiger partial charge in [0.05, 0.1) is 25.8 Å². The Hall–Kier alpha value is -4.93. The summed E-state index contributed by atoms with van der Waals surface area (Å²) in [7, 11) is 0. The van der Waals surface area contributed by atoms with E-state index >= 15 is 0 Å². The van der Waals surface area contributed by atoms with Gasteiger partial charge < -0.3 is 24.6 Å². The number of nitrogens with zero attached hydrogens (tertiary/aromatic N) is 5. The van der Waals surface area contributed by atoms with Crippen LogP contribution in [-0.4, -0.2) is 87.6 Å². The van der Waals surface area contributed by atoms with Gasteiger partial charge >= 0.3 is 0 Å². The van der Waals surface area contributed by atoms with Crippen LogP contribution in [-0.2, 0) is 11.2 Å². The van der Waals surface area contributed by atoms with Gasteiger partial charge in [-0.2, -0.15) is 5.10 Å². The summed E-state index contributed by atoms with van der Waals surface area (Å²) >= 11 is 0. The van der Waals surface area contributed by atoms with Crippen LogP contribution in [0.1, 0.15) is 50.6 Å². The Kier molecular flexibility index (Phi) is 7.14. The molecular formula is C32H32N6O5. The number of carbonyl (C=O) groups excluding carboxylic acids is 3. The second-order valence-corrected chi connectivity index (χ2v) is 11.2. The van der Waals surface area contributed by atoms with E-state index in [-0.39, 0.29) is 36.2 Å². The van der Waals surface area contributed by atoms with Gasteiger partial charge in [0.1, 0.15) is 17.8 Å². The summed E-state index contributed by atoms with van der Waals surface area (Å²) in [6.07, 6.45) is 5.35. The molecular weight excluding hydrogens is 548 g/mol. The number of nitrogens with one attached hydrogen (secondary N) is 1. The Morgan fingerprint density at radius 2 is 1.79 bits per heavy atom. The normalized spacial score (nSPS) is 20.4. The highest BCUT2D eigenvalue weighted by Gasteiger charge is 2.38. The van der Waals surface area contributed by atoms with Crippen LogP contribution in [0.2, 0.25) is 0 Å². The smallest absolute Gasteiger partial charge is 0.254 e. The van der Waals surface area contributed by atoms with Gasteiger partial charge in [-0.25, -0.2) is 9.50 Å². The number of amides is 3. The first kappa shape index (κ1) is 26.9. The molecule has 0 saturated carbocycles. The molecule has 0 aliphatic carbocycles. The molecule has 1 saturated heterocycles. The van der Waals surface area contributed by atoms with E-state index in [4.69, 9.17) is 9.47 Å². The molecule has 1 fully saturated rings. The zero-order chi connectivity index (χ0) is 29.3. The van der Waals surface area contributed by atoms with E-state index in [0.29, 0.717) is 56.0 Å². The van der Waals surface area contributed by atoms with E-state index < -0.39 is 0 Å². The minimum absolute atomic E-state index is 0.0754. The average molecular weight is 581 g/mol. The summed E-state index contributed by atoms with van der Waals surface area (Å²) in [5.41, 5.74) is 3.63. The van der Waals surface area contributed by atoms with Crippen molar-refractivity contribution in [2.45, 2.75) is 31.2 Å². The molecule has 11 heteroatoms. The molecule has 2 bridgehead atoms. The second-order valence-electron chi connectivity index (χ2n) is 11.2. The topological polar surface area (TPSA) is 118 Å². The van der Waals surface area contributed by atoms with Crippen molar-refractivity contribution in [2.75, 3.05) is 39.4 Å². The van der Waals surface area contributed by atoms with Crippen LogP contribution in [0.5, 0.6) is 11.5 Å². The summed E-state index contributed by atoms with van der Waals surface area (Å²) in [5, 5.41) is 7.27. The average Bonchev–Trinajstić information content (AvgIpc) is 3.78. The van der Waals surface area contributed by atoms with E-state index in [2.05, 4.69) is 15.4 Å². The number of aromatic nitrogens is 3. The van der Waals surface area contributed by atoms with Crippen LogP contribution >= 0.6 is 0 Å². The molecule has 3 aliphatic heterocycles. The Morgan fingerprint density at radius 1 is 0.907 bits per heavy atom. The van der Waals surface area contributed by atoms with Gasteiger partial charge in [-0.1, -0.05) is 12.1 Å². The van der Waals surface area contributed by atoms with Crippen LogP contribution in [0.3, 0.4) is 0 Å². The zero-order valence-electron chi connectivity index (χ0n) is 23.6. The molecule has 3 amide bonds. The van der Waals surface area contributed by atoms with Crippen molar-refractivity contribution in [3.63, 3.8) is 0 Å². The highest BCUT2D eigenvalue weighted by molar-refractivity contribution is 5.97. The van der Waals surface area contributed by atoms with E-state index in [0.717, 1.165) is 35.5 Å². The molecule has 0 radical (unpaired) electrons. The first-order chi connectivity index (χ1) is 21.0. The highest BCUT2D eigenvalue weighted by atomic mass is 16.5. The lowest BCUT2D eigenvalue weighted by Crippen LogP contribution is -2.47. The quantitative estimate of drug-likeness (QED) is 0.387. The van der Waals surface area contributed by atoms with Gasteiger partial charge in [0.2, 0.25) is 5.91 Å². The third-order valence-electron chi connectivity index (χ3n) is 8.42. The summed E-state index contributed by atoms with van der Waals surface area (Å²) in [5.74, 6) is 0.814. The molecule has 2 atom stereocenters. The second kappa shape index (κ2) is 11.4. The maximum Gasteiger partial charge on any atom is 0.254 e. The largest absolute Gasteiger partial charge is 0.494 e. The number of benzene rings is 2. The number of fused-ring (bicyclic) bond motifs is 6. The SMILES string of the molecule is O=C1CN(C(=O)c2ccc3c(c2)CCO3)CCCCOc2cccc(c2)[C@H]2CN(C(=O)c3ccn4ncnc4c3)C[C@@H]2N1. The lowest BCUT2D eigenvalue weighted by molar-refractivity contribution is -0.122. The third kappa shape index (κ3) is 5.50. The van der Waals surface area contributed by atoms with E-state index in [1.165, 1.54) is 6.33 Å². The van der Waals surface area contributed by atoms with Crippen LogP contribution in [0.15, 0.2) is 67.1 Å². The summed E-state index contributed by atoms with van der Waals surface area (Å²) < 4.78 is 13.3. The van der Waals surface area contributed by atoms with Crippen LogP contribution in [0, 0.1) is 0 Å². The van der Waals surface area contributed by atoms with Crippen molar-refractivity contribution in [3.8, 4) is 11.5 Å². The fourth-order valence-corrected chi connectivity index (χ4v) is 6.19. The van der Waals surface area contributed by atoms with Crippen LogP contribution in [0.25, 0.3) is 5.65 Å². The van der Waals surface area contributed by atoms with Gasteiger partial charge in [-0.3, -0.25) is 14.4 Å². The van der Waals surface area contributed by atoms with E-state index in [9.17, 15) is 14.4 Å². The lowest BCUT2D eigenvalue weighted by atomic mass is 9.94. The molecule has 5 heterocycles. The molecule has 2 aromatic heterocycles. The van der Waals surface area contributed by atoms with Gasteiger partial charge in [0.15, 0.2) is 5.65 Å². The standard InChI is InChI=1S/C32H32N6O5/c39-30-19-36(31(40)23-6-7-28-22(14-23)9-13-43-28)10-1-2-12-42-25-5-3-4-21(15-25)26-17-37(18-27(26)35-30)32(41)24-8-11-38-29(16-24)33-20-34-38/h3-8,11,14-16,20,26-27H,1-2,9-10,12-13,17-19H2,(H,35,39)/t26-,27+/m1/s1. The summed E-state index contributed by atoms with van der Waals surface area (Å²) in [6.45, 7) is 2.21. The van der Waals surface area contributed by atoms with Crippen molar-refractivity contribution >= 4 is 23.4 Å². The van der Waals surface area contributed by atoms with Crippen molar-refractivity contribution < 1.29 is 23.9 Å². The Balaban J connectivity index is 1.14. The van der Waals surface area contributed by atoms with Gasteiger partial charge in [0, 0.05) is 49.3 Å². The van der Waals surface area contributed by atoms with Crippen LogP contribution < -0.4 is 14.8 Å². The van der Waals surface area contributed by atoms with Crippen molar-refractivity contribution in [3.05, 3.63) is 89.4 Å². The fourth-order valence-electron chi connectivity index (χ4n) is 6.19. The number of carbonyl (C=O) groups is 3. The first-order valence-corrected chi connectivity index (χ1v) is 14.7. The number of ether oxygens (including phenoxy) is 2. The first-order valence-electron chi connectivity index (χ1n) is 14.7. The van der Waals surface area contributed by atoms with E-state index in [1.54, 1.807) is 38.7 Å². The molecule has 7 rings (SSSR count). The number of pyridine rings is 1. The minimum Gasteiger partial charge on any atom is -0.494 e. The zero-order valence-corrected chi connectivity index (χ0v) is 23.6. The molecule has 1 N–H and O–H groups in total. The van der Waals surface area contributed by atoms with Crippen molar-refractivity contribution in [2.24, 2.45) is 0 Å². The van der Waals surface area contributed by atoms with Crippen molar-refractivity contribution in [1.29, 1.82) is 0 Å². The molecule has 11 nitrogen and oxygen atoms in total. The Morgan fingerprint density at radius 3 is 2.72 bits per heavy atom. The summed E-state index contributed by atoms with van der Waals surface area (Å²) in [4.78, 5) is 48.4. The van der Waals surface area contributed by atoms with Gasteiger partial charge in [-0.05, 0) is 66.4 Å².